The number of ether oxygens (including phenoxy) is 1. The third-order valence-corrected chi connectivity index (χ3v) is 6.77. The normalized spacial score (nSPS) is 23.2. The molecule has 0 radical (unpaired) electrons. The zero-order chi connectivity index (χ0) is 17.9. The van der Waals surface area contributed by atoms with Crippen molar-refractivity contribution in [2.75, 3.05) is 19.3 Å². The highest BCUT2D eigenvalue weighted by Gasteiger charge is 2.29. The Kier molecular flexibility index (Phi) is 6.21. The van der Waals surface area contributed by atoms with Crippen LogP contribution in [0, 0.1) is 0 Å². The van der Waals surface area contributed by atoms with E-state index in [1.165, 1.54) is 0 Å². The first kappa shape index (κ1) is 18.9. The fraction of sp³-hybridized carbons (Fsp3) is 0.333. The average molecular weight is 400 g/mol. The molecule has 0 aliphatic carbocycles. The molecule has 2 aromatic carbocycles. The number of rotatable bonds is 5. The van der Waals surface area contributed by atoms with E-state index < -0.39 is 7.37 Å². The Bertz CT molecular complexity index is 764. The molecule has 0 aromatic heterocycles. The largest absolute Gasteiger partial charge is 0.374 e. The summed E-state index contributed by atoms with van der Waals surface area (Å²) in [7, 11) is -3.29. The Balaban J connectivity index is 1.55. The molecule has 7 heteroatoms. The van der Waals surface area contributed by atoms with E-state index in [1.54, 1.807) is 6.07 Å². The number of halogens is 2. The number of hydrogen-bond acceptors (Lipinski definition) is 3. The number of nitrogens with one attached hydrogen (secondary N) is 1. The van der Waals surface area contributed by atoms with Gasteiger partial charge in [0.25, 0.3) is 0 Å². The van der Waals surface area contributed by atoms with E-state index in [2.05, 4.69) is 5.32 Å². The van der Waals surface area contributed by atoms with Gasteiger partial charge in [0.2, 0.25) is 7.37 Å². The maximum atomic E-state index is 12.5. The van der Waals surface area contributed by atoms with Crippen molar-refractivity contribution in [1.29, 1.82) is 0 Å². The molecule has 1 heterocycles. The Morgan fingerprint density at radius 3 is 2.56 bits per heavy atom. The first-order chi connectivity index (χ1) is 11.9. The van der Waals surface area contributed by atoms with Crippen LogP contribution in [0.15, 0.2) is 48.5 Å². The van der Waals surface area contributed by atoms with Crippen LogP contribution in [-0.2, 0) is 15.5 Å². The lowest BCUT2D eigenvalue weighted by Crippen LogP contribution is -2.42. The first-order valence-corrected chi connectivity index (χ1v) is 10.9. The van der Waals surface area contributed by atoms with E-state index in [0.29, 0.717) is 23.2 Å². The highest BCUT2D eigenvalue weighted by atomic mass is 35.5. The SMILES string of the molecule is O=P(O)(Cc1ccccc1)CC1CNC(c2ccc(Cl)c(Cl)c2)CO1. The van der Waals surface area contributed by atoms with E-state index in [1.807, 2.05) is 42.5 Å². The van der Waals surface area contributed by atoms with Crippen molar-refractivity contribution < 1.29 is 14.2 Å². The van der Waals surface area contributed by atoms with Crippen LogP contribution >= 0.6 is 30.6 Å². The summed E-state index contributed by atoms with van der Waals surface area (Å²) >= 11 is 12.0. The van der Waals surface area contributed by atoms with Gasteiger partial charge >= 0.3 is 0 Å². The topological polar surface area (TPSA) is 58.6 Å². The molecular formula is C18H20Cl2NO3P. The molecule has 0 amide bonds. The van der Waals surface area contributed by atoms with E-state index in [0.717, 1.165) is 11.1 Å². The van der Waals surface area contributed by atoms with Crippen molar-refractivity contribution in [3.8, 4) is 0 Å². The summed E-state index contributed by atoms with van der Waals surface area (Å²) in [5.41, 5.74) is 1.86. The monoisotopic (exact) mass is 399 g/mol. The van der Waals surface area contributed by atoms with Crippen molar-refractivity contribution in [3.63, 3.8) is 0 Å². The van der Waals surface area contributed by atoms with Gasteiger partial charge in [-0.3, -0.25) is 4.57 Å². The highest BCUT2D eigenvalue weighted by Crippen LogP contribution is 2.45. The van der Waals surface area contributed by atoms with Gasteiger partial charge in [-0.1, -0.05) is 59.6 Å². The molecule has 0 spiro atoms. The second-order valence-electron chi connectivity index (χ2n) is 6.26. The lowest BCUT2D eigenvalue weighted by atomic mass is 10.1. The van der Waals surface area contributed by atoms with Crippen LogP contribution in [0.2, 0.25) is 10.0 Å². The van der Waals surface area contributed by atoms with Gasteiger partial charge in [0.1, 0.15) is 0 Å². The van der Waals surface area contributed by atoms with Crippen LogP contribution in [-0.4, -0.2) is 30.3 Å². The molecule has 0 bridgehead atoms. The van der Waals surface area contributed by atoms with Gasteiger partial charge in [0.15, 0.2) is 0 Å². The van der Waals surface area contributed by atoms with Crippen molar-refractivity contribution in [1.82, 2.24) is 5.32 Å². The third kappa shape index (κ3) is 5.30. The molecule has 4 nitrogen and oxygen atoms in total. The van der Waals surface area contributed by atoms with Crippen molar-refractivity contribution >= 4 is 30.6 Å². The molecule has 134 valence electrons. The fourth-order valence-electron chi connectivity index (χ4n) is 2.94. The quantitative estimate of drug-likeness (QED) is 0.726. The zero-order valence-electron chi connectivity index (χ0n) is 13.6. The van der Waals surface area contributed by atoms with Crippen LogP contribution in [0.5, 0.6) is 0 Å². The van der Waals surface area contributed by atoms with Gasteiger partial charge < -0.3 is 14.9 Å². The molecule has 2 aromatic rings. The van der Waals surface area contributed by atoms with Gasteiger partial charge in [-0.25, -0.2) is 0 Å². The van der Waals surface area contributed by atoms with Crippen LogP contribution in [0.25, 0.3) is 0 Å². The molecule has 3 unspecified atom stereocenters. The predicted molar refractivity (Wildman–Crippen MR) is 102 cm³/mol. The minimum absolute atomic E-state index is 0.00165. The Morgan fingerprint density at radius 1 is 1.16 bits per heavy atom. The summed E-state index contributed by atoms with van der Waals surface area (Å²) in [5.74, 6) is 0. The van der Waals surface area contributed by atoms with Crippen LogP contribution in [0.4, 0.5) is 0 Å². The number of benzene rings is 2. The van der Waals surface area contributed by atoms with Crippen LogP contribution < -0.4 is 5.32 Å². The van der Waals surface area contributed by atoms with Crippen molar-refractivity contribution in [2.24, 2.45) is 0 Å². The second kappa shape index (κ2) is 8.22. The zero-order valence-corrected chi connectivity index (χ0v) is 16.0. The van der Waals surface area contributed by atoms with Crippen LogP contribution in [0.1, 0.15) is 17.2 Å². The molecule has 1 aliphatic rings. The molecule has 25 heavy (non-hydrogen) atoms. The van der Waals surface area contributed by atoms with Crippen LogP contribution in [0.3, 0.4) is 0 Å². The molecule has 0 saturated carbocycles. The van der Waals surface area contributed by atoms with Gasteiger partial charge in [-0.2, -0.15) is 0 Å². The molecule has 1 fully saturated rings. The minimum Gasteiger partial charge on any atom is -0.374 e. The summed E-state index contributed by atoms with van der Waals surface area (Å²) in [5, 5.41) is 4.38. The molecule has 1 aliphatic heterocycles. The standard InChI is InChI=1S/C18H20Cl2NO3P/c19-16-7-6-14(8-17(16)20)18-10-24-15(9-21-18)12-25(22,23)11-13-4-2-1-3-5-13/h1-8,15,18,21H,9-12H2,(H,22,23). The van der Waals surface area contributed by atoms with E-state index in [9.17, 15) is 9.46 Å². The fourth-order valence-corrected chi connectivity index (χ4v) is 5.02. The summed E-state index contributed by atoms with van der Waals surface area (Å²) in [6.07, 6.45) is 0.0333. The summed E-state index contributed by atoms with van der Waals surface area (Å²) in [6.45, 7) is 0.943. The van der Waals surface area contributed by atoms with Gasteiger partial charge in [0, 0.05) is 12.7 Å². The average Bonchev–Trinajstić information content (AvgIpc) is 2.58. The molecular weight excluding hydrogens is 380 g/mol. The first-order valence-electron chi connectivity index (χ1n) is 8.08. The van der Waals surface area contributed by atoms with Crippen molar-refractivity contribution in [3.05, 3.63) is 69.7 Å². The smallest absolute Gasteiger partial charge is 0.207 e. The summed E-state index contributed by atoms with van der Waals surface area (Å²) < 4.78 is 18.3. The van der Waals surface area contributed by atoms with E-state index in [4.69, 9.17) is 27.9 Å². The maximum Gasteiger partial charge on any atom is 0.207 e. The number of morpholine rings is 1. The molecule has 1 saturated heterocycles. The minimum atomic E-state index is -3.29. The second-order valence-corrected chi connectivity index (χ2v) is 9.45. The number of hydrogen-bond donors (Lipinski definition) is 2. The van der Waals surface area contributed by atoms with Gasteiger partial charge in [-0.05, 0) is 23.3 Å². The maximum absolute atomic E-state index is 12.5. The Morgan fingerprint density at radius 2 is 1.92 bits per heavy atom. The molecule has 3 rings (SSSR count). The van der Waals surface area contributed by atoms with E-state index >= 15 is 0 Å². The van der Waals surface area contributed by atoms with Crippen molar-refractivity contribution in [2.45, 2.75) is 18.3 Å². The summed E-state index contributed by atoms with van der Waals surface area (Å²) in [4.78, 5) is 10.3. The Hall–Kier alpha value is -0.870. The van der Waals surface area contributed by atoms with E-state index in [-0.39, 0.29) is 24.5 Å². The summed E-state index contributed by atoms with van der Waals surface area (Å²) in [6, 6.07) is 14.8. The lowest BCUT2D eigenvalue weighted by molar-refractivity contribution is 0.0156. The molecule has 2 N–H and O–H groups in total. The molecule has 3 atom stereocenters. The van der Waals surface area contributed by atoms with Gasteiger partial charge in [0.05, 0.1) is 35.0 Å². The third-order valence-electron chi connectivity index (χ3n) is 4.20. The van der Waals surface area contributed by atoms with Gasteiger partial charge in [-0.15, -0.1) is 0 Å². The predicted octanol–water partition coefficient (Wildman–Crippen LogP) is 4.49. The lowest BCUT2D eigenvalue weighted by Gasteiger charge is -2.31. The highest BCUT2D eigenvalue weighted by molar-refractivity contribution is 7.57. The Labute approximate surface area is 157 Å².